The summed E-state index contributed by atoms with van der Waals surface area (Å²) in [7, 11) is 0. The van der Waals surface area contributed by atoms with E-state index in [1.807, 2.05) is 12.1 Å². The average molecular weight is 302 g/mol. The van der Waals surface area contributed by atoms with E-state index < -0.39 is 0 Å². The SMILES string of the molecule is N#Cc1cnc2ccc(Cl)cc2c1NCCOCC1CC1. The first kappa shape index (κ1) is 14.1. The fraction of sp³-hybridized carbons (Fsp3) is 0.375. The maximum Gasteiger partial charge on any atom is 0.103 e. The van der Waals surface area contributed by atoms with E-state index in [-0.39, 0.29) is 0 Å². The number of nitrogens with zero attached hydrogens (tertiary/aromatic N) is 2. The Morgan fingerprint density at radius 3 is 3.05 bits per heavy atom. The molecule has 1 aliphatic rings. The number of nitrogens with one attached hydrogen (secondary N) is 1. The lowest BCUT2D eigenvalue weighted by molar-refractivity contribution is 0.134. The number of rotatable bonds is 6. The molecule has 5 heteroatoms. The molecule has 3 rings (SSSR count). The number of nitriles is 1. The zero-order valence-corrected chi connectivity index (χ0v) is 12.4. The molecule has 2 aromatic rings. The second-order valence-corrected chi connectivity index (χ2v) is 5.70. The molecular formula is C16H16ClN3O. The fourth-order valence-electron chi connectivity index (χ4n) is 2.22. The number of aromatic nitrogens is 1. The van der Waals surface area contributed by atoms with Crippen molar-refractivity contribution in [3.05, 3.63) is 35.0 Å². The molecule has 0 amide bonds. The smallest absolute Gasteiger partial charge is 0.103 e. The summed E-state index contributed by atoms with van der Waals surface area (Å²) in [6.45, 7) is 2.13. The predicted octanol–water partition coefficient (Wildman–Crippen LogP) is 3.60. The number of pyridine rings is 1. The molecule has 0 spiro atoms. The van der Waals surface area contributed by atoms with Gasteiger partial charge in [0.25, 0.3) is 0 Å². The normalized spacial score (nSPS) is 14.1. The second kappa shape index (κ2) is 6.30. The van der Waals surface area contributed by atoms with Crippen LogP contribution in [0.2, 0.25) is 5.02 Å². The van der Waals surface area contributed by atoms with Crippen LogP contribution in [0, 0.1) is 17.2 Å². The van der Waals surface area contributed by atoms with Gasteiger partial charge in [-0.1, -0.05) is 11.6 Å². The maximum atomic E-state index is 9.24. The molecule has 4 nitrogen and oxygen atoms in total. The Bertz CT molecular complexity index is 692. The van der Waals surface area contributed by atoms with Gasteiger partial charge >= 0.3 is 0 Å². The van der Waals surface area contributed by atoms with Crippen LogP contribution in [0.4, 0.5) is 5.69 Å². The summed E-state index contributed by atoms with van der Waals surface area (Å²) in [6, 6.07) is 7.65. The van der Waals surface area contributed by atoms with Gasteiger partial charge in [-0.15, -0.1) is 0 Å². The summed E-state index contributed by atoms with van der Waals surface area (Å²) in [4.78, 5) is 4.28. The minimum absolute atomic E-state index is 0.520. The van der Waals surface area contributed by atoms with Gasteiger partial charge < -0.3 is 10.1 Å². The van der Waals surface area contributed by atoms with Crippen molar-refractivity contribution in [3.8, 4) is 6.07 Å². The molecule has 0 unspecified atom stereocenters. The Hall–Kier alpha value is -1.83. The molecule has 1 heterocycles. The highest BCUT2D eigenvalue weighted by Crippen LogP contribution is 2.29. The van der Waals surface area contributed by atoms with Crippen LogP contribution in [-0.2, 0) is 4.74 Å². The lowest BCUT2D eigenvalue weighted by Crippen LogP contribution is -2.12. The van der Waals surface area contributed by atoms with Crippen LogP contribution in [0.25, 0.3) is 10.9 Å². The Labute approximate surface area is 128 Å². The van der Waals surface area contributed by atoms with Gasteiger partial charge in [-0.25, -0.2) is 0 Å². The van der Waals surface area contributed by atoms with Crippen LogP contribution >= 0.6 is 11.6 Å². The minimum Gasteiger partial charge on any atom is -0.381 e. The molecule has 0 aliphatic heterocycles. The minimum atomic E-state index is 0.520. The van der Waals surface area contributed by atoms with Crippen LogP contribution in [0.15, 0.2) is 24.4 Å². The highest BCUT2D eigenvalue weighted by Gasteiger charge is 2.20. The molecule has 1 aliphatic carbocycles. The molecule has 0 radical (unpaired) electrons. The zero-order chi connectivity index (χ0) is 14.7. The number of hydrogen-bond donors (Lipinski definition) is 1. The van der Waals surface area contributed by atoms with Crippen LogP contribution in [-0.4, -0.2) is 24.7 Å². The Kier molecular flexibility index (Phi) is 4.23. The molecule has 1 aromatic carbocycles. The van der Waals surface area contributed by atoms with E-state index in [1.165, 1.54) is 12.8 Å². The van der Waals surface area contributed by atoms with Crippen molar-refractivity contribution in [2.45, 2.75) is 12.8 Å². The molecule has 1 fully saturated rings. The molecule has 0 atom stereocenters. The third-order valence-electron chi connectivity index (χ3n) is 3.55. The summed E-state index contributed by atoms with van der Waals surface area (Å²) in [5, 5.41) is 14.0. The zero-order valence-electron chi connectivity index (χ0n) is 11.6. The van der Waals surface area contributed by atoms with Crippen LogP contribution in [0.1, 0.15) is 18.4 Å². The lowest BCUT2D eigenvalue weighted by Gasteiger charge is -2.11. The molecule has 0 bridgehead atoms. The number of hydrogen-bond acceptors (Lipinski definition) is 4. The Morgan fingerprint density at radius 2 is 2.29 bits per heavy atom. The number of fused-ring (bicyclic) bond motifs is 1. The van der Waals surface area contributed by atoms with Crippen molar-refractivity contribution in [2.24, 2.45) is 5.92 Å². The first-order chi connectivity index (χ1) is 10.3. The lowest BCUT2D eigenvalue weighted by atomic mass is 10.1. The standard InChI is InChI=1S/C16H16ClN3O/c17-13-3-4-15-14(7-13)16(12(8-18)9-20-15)19-5-6-21-10-11-1-2-11/h3-4,7,9,11H,1-2,5-6,10H2,(H,19,20). The third-order valence-corrected chi connectivity index (χ3v) is 3.78. The van der Waals surface area contributed by atoms with Gasteiger partial charge in [-0.05, 0) is 37.0 Å². The highest BCUT2D eigenvalue weighted by atomic mass is 35.5. The summed E-state index contributed by atoms with van der Waals surface area (Å²) in [6.07, 6.45) is 4.17. The maximum absolute atomic E-state index is 9.24. The topological polar surface area (TPSA) is 57.9 Å². The monoisotopic (exact) mass is 301 g/mol. The van der Waals surface area contributed by atoms with Crippen molar-refractivity contribution in [1.29, 1.82) is 5.26 Å². The number of ether oxygens (including phenoxy) is 1. The molecule has 1 N–H and O–H groups in total. The fourth-order valence-corrected chi connectivity index (χ4v) is 2.39. The van der Waals surface area contributed by atoms with Gasteiger partial charge in [0.1, 0.15) is 6.07 Å². The van der Waals surface area contributed by atoms with E-state index in [1.54, 1.807) is 12.3 Å². The van der Waals surface area contributed by atoms with Crippen molar-refractivity contribution >= 4 is 28.2 Å². The number of benzene rings is 1. The number of halogens is 1. The molecule has 1 aromatic heterocycles. The predicted molar refractivity (Wildman–Crippen MR) is 83.5 cm³/mol. The van der Waals surface area contributed by atoms with Crippen molar-refractivity contribution < 1.29 is 4.74 Å². The van der Waals surface area contributed by atoms with E-state index in [9.17, 15) is 5.26 Å². The van der Waals surface area contributed by atoms with Gasteiger partial charge in [-0.2, -0.15) is 5.26 Å². The molecular weight excluding hydrogens is 286 g/mol. The van der Waals surface area contributed by atoms with E-state index in [2.05, 4.69) is 16.4 Å². The van der Waals surface area contributed by atoms with Crippen LogP contribution < -0.4 is 5.32 Å². The average Bonchev–Trinajstić information content (AvgIpc) is 3.31. The molecule has 1 saturated carbocycles. The second-order valence-electron chi connectivity index (χ2n) is 5.27. The van der Waals surface area contributed by atoms with Crippen molar-refractivity contribution in [3.63, 3.8) is 0 Å². The van der Waals surface area contributed by atoms with Gasteiger partial charge in [0.05, 0.1) is 23.4 Å². The summed E-state index contributed by atoms with van der Waals surface area (Å²) in [5.41, 5.74) is 2.12. The van der Waals surface area contributed by atoms with Gasteiger partial charge in [-0.3, -0.25) is 4.98 Å². The Morgan fingerprint density at radius 1 is 1.43 bits per heavy atom. The first-order valence-corrected chi connectivity index (χ1v) is 7.45. The van der Waals surface area contributed by atoms with Crippen LogP contribution in [0.3, 0.4) is 0 Å². The van der Waals surface area contributed by atoms with Gasteiger partial charge in [0, 0.05) is 29.8 Å². The summed E-state index contributed by atoms with van der Waals surface area (Å²) in [5.74, 6) is 0.764. The first-order valence-electron chi connectivity index (χ1n) is 7.08. The van der Waals surface area contributed by atoms with Crippen molar-refractivity contribution in [1.82, 2.24) is 4.98 Å². The Balaban J connectivity index is 1.74. The number of anilines is 1. The molecule has 21 heavy (non-hydrogen) atoms. The van der Waals surface area contributed by atoms with E-state index in [0.717, 1.165) is 29.1 Å². The largest absolute Gasteiger partial charge is 0.381 e. The third kappa shape index (κ3) is 3.44. The summed E-state index contributed by atoms with van der Waals surface area (Å²) >= 11 is 6.05. The molecule has 0 saturated heterocycles. The van der Waals surface area contributed by atoms with E-state index in [0.29, 0.717) is 23.7 Å². The quantitative estimate of drug-likeness (QED) is 0.828. The van der Waals surface area contributed by atoms with Gasteiger partial charge in [0.15, 0.2) is 0 Å². The van der Waals surface area contributed by atoms with E-state index in [4.69, 9.17) is 16.3 Å². The van der Waals surface area contributed by atoms with Crippen molar-refractivity contribution in [2.75, 3.05) is 25.1 Å². The van der Waals surface area contributed by atoms with E-state index >= 15 is 0 Å². The highest BCUT2D eigenvalue weighted by molar-refractivity contribution is 6.31. The van der Waals surface area contributed by atoms with Gasteiger partial charge in [0.2, 0.25) is 0 Å². The summed E-state index contributed by atoms with van der Waals surface area (Å²) < 4.78 is 5.60. The molecule has 108 valence electrons. The van der Waals surface area contributed by atoms with Crippen LogP contribution in [0.5, 0.6) is 0 Å².